The summed E-state index contributed by atoms with van der Waals surface area (Å²) in [5.41, 5.74) is 3.45. The maximum absolute atomic E-state index is 11.8. The van der Waals surface area contributed by atoms with Crippen molar-refractivity contribution in [1.29, 1.82) is 0 Å². The molecule has 21 heavy (non-hydrogen) atoms. The number of carbonyl (C=O) groups excluding carboxylic acids is 1. The second kappa shape index (κ2) is 6.90. The quantitative estimate of drug-likeness (QED) is 0.659. The summed E-state index contributed by atoms with van der Waals surface area (Å²) in [7, 11) is 1.56. The van der Waals surface area contributed by atoms with Crippen LogP contribution in [0.5, 0.6) is 11.5 Å². The molecule has 6 heteroatoms. The van der Waals surface area contributed by atoms with E-state index in [0.29, 0.717) is 11.3 Å². The molecule has 2 rings (SSSR count). The fraction of sp³-hybridized carbons (Fsp3) is 0.0667. The van der Waals surface area contributed by atoms with Crippen molar-refractivity contribution in [1.82, 2.24) is 5.43 Å². The highest BCUT2D eigenvalue weighted by Crippen LogP contribution is 2.21. The predicted molar refractivity (Wildman–Crippen MR) is 83.9 cm³/mol. The van der Waals surface area contributed by atoms with Gasteiger partial charge in [-0.3, -0.25) is 4.79 Å². The zero-order chi connectivity index (χ0) is 15.2. The lowest BCUT2D eigenvalue weighted by molar-refractivity contribution is 0.0954. The van der Waals surface area contributed by atoms with Crippen LogP contribution >= 0.6 is 15.9 Å². The largest absolute Gasteiger partial charge is 0.508 e. The van der Waals surface area contributed by atoms with Crippen molar-refractivity contribution < 1.29 is 14.6 Å². The molecular weight excluding hydrogens is 336 g/mol. The monoisotopic (exact) mass is 348 g/mol. The molecule has 2 N–H and O–H groups in total. The summed E-state index contributed by atoms with van der Waals surface area (Å²) in [4.78, 5) is 11.8. The van der Waals surface area contributed by atoms with Gasteiger partial charge in [0.05, 0.1) is 13.3 Å². The highest BCUT2D eigenvalue weighted by molar-refractivity contribution is 9.10. The number of hydrogen-bond acceptors (Lipinski definition) is 4. The molecule has 0 aromatic heterocycles. The molecule has 0 radical (unpaired) electrons. The molecule has 0 fully saturated rings. The first kappa shape index (κ1) is 15.1. The molecule has 0 saturated carbocycles. The minimum absolute atomic E-state index is 0.0280. The van der Waals surface area contributed by atoms with Gasteiger partial charge >= 0.3 is 0 Å². The Morgan fingerprint density at radius 3 is 2.86 bits per heavy atom. The predicted octanol–water partition coefficient (Wildman–Crippen LogP) is 2.93. The van der Waals surface area contributed by atoms with Crippen LogP contribution in [0.1, 0.15) is 15.9 Å². The van der Waals surface area contributed by atoms with Crippen LogP contribution < -0.4 is 10.2 Å². The van der Waals surface area contributed by atoms with Crippen LogP contribution in [-0.2, 0) is 0 Å². The molecule has 0 aliphatic carbocycles. The van der Waals surface area contributed by atoms with Crippen LogP contribution in [0, 0.1) is 0 Å². The third kappa shape index (κ3) is 4.06. The Balaban J connectivity index is 2.09. The van der Waals surface area contributed by atoms with Crippen molar-refractivity contribution in [3.63, 3.8) is 0 Å². The number of aromatic hydroxyl groups is 1. The Labute approximate surface area is 130 Å². The Bertz CT molecular complexity index is 686. The van der Waals surface area contributed by atoms with Gasteiger partial charge in [-0.25, -0.2) is 5.43 Å². The van der Waals surface area contributed by atoms with E-state index in [0.717, 1.165) is 10.0 Å². The van der Waals surface area contributed by atoms with E-state index in [9.17, 15) is 9.90 Å². The van der Waals surface area contributed by atoms with E-state index in [1.165, 1.54) is 18.3 Å². The average molecular weight is 349 g/mol. The molecule has 0 aliphatic heterocycles. The van der Waals surface area contributed by atoms with Gasteiger partial charge in [0.15, 0.2) is 0 Å². The fourth-order valence-electron chi connectivity index (χ4n) is 1.68. The van der Waals surface area contributed by atoms with Gasteiger partial charge in [0, 0.05) is 15.6 Å². The number of carbonyl (C=O) groups is 1. The number of phenolic OH excluding ortho intramolecular Hbond substituents is 1. The number of hydrazone groups is 1. The number of amides is 1. The van der Waals surface area contributed by atoms with Crippen molar-refractivity contribution in [2.24, 2.45) is 5.10 Å². The minimum atomic E-state index is -0.406. The molecular formula is C15H13BrN2O3. The summed E-state index contributed by atoms with van der Waals surface area (Å²) >= 11 is 3.36. The maximum atomic E-state index is 11.8. The lowest BCUT2D eigenvalue weighted by Gasteiger charge is -2.04. The molecule has 108 valence electrons. The summed E-state index contributed by atoms with van der Waals surface area (Å²) in [6, 6.07) is 11.5. The van der Waals surface area contributed by atoms with Crippen molar-refractivity contribution in [3.05, 3.63) is 58.1 Å². The maximum Gasteiger partial charge on any atom is 0.271 e. The number of rotatable bonds is 4. The Hall–Kier alpha value is -2.34. The zero-order valence-electron chi connectivity index (χ0n) is 11.2. The van der Waals surface area contributed by atoms with E-state index in [1.54, 1.807) is 25.3 Å². The van der Waals surface area contributed by atoms with Crippen LogP contribution in [-0.4, -0.2) is 24.3 Å². The number of ether oxygens (including phenoxy) is 1. The van der Waals surface area contributed by atoms with E-state index in [4.69, 9.17) is 4.74 Å². The van der Waals surface area contributed by atoms with Crippen molar-refractivity contribution in [3.8, 4) is 11.5 Å². The normalized spacial score (nSPS) is 10.6. The van der Waals surface area contributed by atoms with Gasteiger partial charge in [0.1, 0.15) is 11.5 Å². The van der Waals surface area contributed by atoms with E-state index < -0.39 is 5.91 Å². The van der Waals surface area contributed by atoms with E-state index in [-0.39, 0.29) is 5.75 Å². The second-order valence-corrected chi connectivity index (χ2v) is 5.05. The lowest BCUT2D eigenvalue weighted by atomic mass is 10.2. The Kier molecular flexibility index (Phi) is 4.94. The summed E-state index contributed by atoms with van der Waals surface area (Å²) in [5.74, 6) is 0.268. The molecule has 0 atom stereocenters. The van der Waals surface area contributed by atoms with Crippen molar-refractivity contribution in [2.75, 3.05) is 7.11 Å². The Morgan fingerprint density at radius 1 is 1.33 bits per heavy atom. The van der Waals surface area contributed by atoms with Crippen LogP contribution in [0.3, 0.4) is 0 Å². The first-order valence-electron chi connectivity index (χ1n) is 6.06. The summed E-state index contributed by atoms with van der Waals surface area (Å²) in [6.45, 7) is 0. The standard InChI is InChI=1S/C15H13BrN2O3/c1-21-14-6-5-12(16)7-11(14)9-17-18-15(20)10-3-2-4-13(19)8-10/h2-9,19H,1H3,(H,18,20)/b17-9-. The van der Waals surface area contributed by atoms with Gasteiger partial charge in [-0.2, -0.15) is 5.10 Å². The first-order chi connectivity index (χ1) is 10.1. The highest BCUT2D eigenvalue weighted by Gasteiger charge is 2.05. The number of methoxy groups -OCH3 is 1. The molecule has 0 bridgehead atoms. The van der Waals surface area contributed by atoms with Gasteiger partial charge in [-0.05, 0) is 36.4 Å². The molecule has 2 aromatic carbocycles. The molecule has 0 heterocycles. The number of nitrogens with one attached hydrogen (secondary N) is 1. The highest BCUT2D eigenvalue weighted by atomic mass is 79.9. The van der Waals surface area contributed by atoms with Gasteiger partial charge < -0.3 is 9.84 Å². The molecule has 0 spiro atoms. The third-order valence-electron chi connectivity index (χ3n) is 2.67. The van der Waals surface area contributed by atoms with Gasteiger partial charge in [0.2, 0.25) is 0 Å². The number of hydrogen-bond donors (Lipinski definition) is 2. The first-order valence-corrected chi connectivity index (χ1v) is 6.85. The number of phenols is 1. The number of halogens is 1. The molecule has 5 nitrogen and oxygen atoms in total. The lowest BCUT2D eigenvalue weighted by Crippen LogP contribution is -2.17. The molecule has 0 aliphatic rings. The molecule has 0 unspecified atom stereocenters. The van der Waals surface area contributed by atoms with E-state index >= 15 is 0 Å². The Morgan fingerprint density at radius 2 is 2.14 bits per heavy atom. The third-order valence-corrected chi connectivity index (χ3v) is 3.16. The summed E-state index contributed by atoms with van der Waals surface area (Å²) < 4.78 is 6.08. The van der Waals surface area contributed by atoms with Crippen molar-refractivity contribution >= 4 is 28.1 Å². The smallest absolute Gasteiger partial charge is 0.271 e. The summed E-state index contributed by atoms with van der Waals surface area (Å²) in [6.07, 6.45) is 1.49. The number of nitrogens with zero attached hydrogens (tertiary/aromatic N) is 1. The van der Waals surface area contributed by atoms with E-state index in [2.05, 4.69) is 26.5 Å². The minimum Gasteiger partial charge on any atom is -0.508 e. The SMILES string of the molecule is COc1ccc(Br)cc1/C=N\NC(=O)c1cccc(O)c1. The van der Waals surface area contributed by atoms with Gasteiger partial charge in [-0.15, -0.1) is 0 Å². The number of benzene rings is 2. The van der Waals surface area contributed by atoms with Gasteiger partial charge in [0.25, 0.3) is 5.91 Å². The molecule has 1 amide bonds. The zero-order valence-corrected chi connectivity index (χ0v) is 12.8. The summed E-state index contributed by atoms with van der Waals surface area (Å²) in [5, 5.41) is 13.2. The van der Waals surface area contributed by atoms with E-state index in [1.807, 2.05) is 12.1 Å². The van der Waals surface area contributed by atoms with Crippen LogP contribution in [0.4, 0.5) is 0 Å². The topological polar surface area (TPSA) is 70.9 Å². The van der Waals surface area contributed by atoms with Crippen molar-refractivity contribution in [2.45, 2.75) is 0 Å². The van der Waals surface area contributed by atoms with Crippen LogP contribution in [0.15, 0.2) is 52.0 Å². The average Bonchev–Trinajstić information content (AvgIpc) is 2.47. The van der Waals surface area contributed by atoms with Gasteiger partial charge in [-0.1, -0.05) is 22.0 Å². The van der Waals surface area contributed by atoms with Crippen LogP contribution in [0.25, 0.3) is 0 Å². The molecule has 0 saturated heterocycles. The fourth-order valence-corrected chi connectivity index (χ4v) is 2.06. The second-order valence-electron chi connectivity index (χ2n) is 4.14. The molecule has 2 aromatic rings. The van der Waals surface area contributed by atoms with Crippen LogP contribution in [0.2, 0.25) is 0 Å².